The Kier molecular flexibility index (Phi) is 5.24. The lowest BCUT2D eigenvalue weighted by Crippen LogP contribution is -2.64. The van der Waals surface area contributed by atoms with E-state index in [9.17, 15) is 12.8 Å². The van der Waals surface area contributed by atoms with Crippen molar-refractivity contribution in [2.24, 2.45) is 5.92 Å². The number of hydrogen-bond donors (Lipinski definition) is 1. The summed E-state index contributed by atoms with van der Waals surface area (Å²) in [7, 11) is -3.12. The van der Waals surface area contributed by atoms with E-state index < -0.39 is 10.0 Å². The Labute approximate surface area is 143 Å². The SMILES string of the molecule is CCS(=O)(=O)NCC[C@@H]1CCOC12CN(Cc1ccc(F)cc1)C2. The average Bonchev–Trinajstić information content (AvgIpc) is 2.93. The Hall–Kier alpha value is -1.02. The van der Waals surface area contributed by atoms with Gasteiger partial charge < -0.3 is 4.74 Å². The van der Waals surface area contributed by atoms with Crippen LogP contribution in [0.1, 0.15) is 25.3 Å². The van der Waals surface area contributed by atoms with E-state index in [0.29, 0.717) is 12.5 Å². The summed E-state index contributed by atoms with van der Waals surface area (Å²) < 4.78 is 44.6. The van der Waals surface area contributed by atoms with E-state index in [2.05, 4.69) is 9.62 Å². The summed E-state index contributed by atoms with van der Waals surface area (Å²) in [5, 5.41) is 0. The molecule has 0 radical (unpaired) electrons. The van der Waals surface area contributed by atoms with E-state index in [1.807, 2.05) is 12.1 Å². The lowest BCUT2D eigenvalue weighted by Gasteiger charge is -2.50. The van der Waals surface area contributed by atoms with E-state index in [1.165, 1.54) is 12.1 Å². The molecule has 2 aliphatic heterocycles. The van der Waals surface area contributed by atoms with Crippen LogP contribution in [0.15, 0.2) is 24.3 Å². The van der Waals surface area contributed by atoms with Gasteiger partial charge in [-0.1, -0.05) is 12.1 Å². The second-order valence-electron chi connectivity index (χ2n) is 6.76. The van der Waals surface area contributed by atoms with Crippen LogP contribution in [0.5, 0.6) is 0 Å². The highest BCUT2D eigenvalue weighted by atomic mass is 32.2. The van der Waals surface area contributed by atoms with Gasteiger partial charge in [-0.15, -0.1) is 0 Å². The van der Waals surface area contributed by atoms with Crippen molar-refractivity contribution in [2.45, 2.75) is 31.9 Å². The van der Waals surface area contributed by atoms with E-state index in [0.717, 1.165) is 44.6 Å². The fourth-order valence-electron chi connectivity index (χ4n) is 3.70. The second kappa shape index (κ2) is 7.07. The van der Waals surface area contributed by atoms with Crippen LogP contribution < -0.4 is 4.72 Å². The Balaban J connectivity index is 1.49. The zero-order chi connectivity index (χ0) is 17.2. The monoisotopic (exact) mass is 356 g/mol. The van der Waals surface area contributed by atoms with Crippen LogP contribution in [0.3, 0.4) is 0 Å². The fraction of sp³-hybridized carbons (Fsp3) is 0.647. The van der Waals surface area contributed by atoms with Crippen LogP contribution in [-0.2, 0) is 21.3 Å². The third-order valence-electron chi connectivity index (χ3n) is 5.10. The predicted octanol–water partition coefficient (Wildman–Crippen LogP) is 1.75. The normalized spacial score (nSPS) is 23.5. The van der Waals surface area contributed by atoms with Gasteiger partial charge in [-0.25, -0.2) is 17.5 Å². The third kappa shape index (κ3) is 3.96. The summed E-state index contributed by atoms with van der Waals surface area (Å²) in [5.74, 6) is 0.291. The second-order valence-corrected chi connectivity index (χ2v) is 8.85. The van der Waals surface area contributed by atoms with Crippen LogP contribution >= 0.6 is 0 Å². The molecule has 0 saturated carbocycles. The maximum atomic E-state index is 13.0. The summed E-state index contributed by atoms with van der Waals surface area (Å²) in [6.07, 6.45) is 1.79. The van der Waals surface area contributed by atoms with Crippen LogP contribution in [-0.4, -0.2) is 50.9 Å². The van der Waals surface area contributed by atoms with Crippen molar-refractivity contribution >= 4 is 10.0 Å². The Morgan fingerprint density at radius 3 is 2.71 bits per heavy atom. The zero-order valence-electron chi connectivity index (χ0n) is 14.0. The van der Waals surface area contributed by atoms with E-state index >= 15 is 0 Å². The molecule has 2 heterocycles. The zero-order valence-corrected chi connectivity index (χ0v) is 14.8. The number of hydrogen-bond acceptors (Lipinski definition) is 4. The van der Waals surface area contributed by atoms with Crippen LogP contribution in [0.25, 0.3) is 0 Å². The van der Waals surface area contributed by atoms with Crippen LogP contribution in [0.2, 0.25) is 0 Å². The molecule has 1 spiro atoms. The first-order valence-electron chi connectivity index (χ1n) is 8.50. The molecule has 0 aromatic heterocycles. The number of sulfonamides is 1. The largest absolute Gasteiger partial charge is 0.372 e. The molecule has 7 heteroatoms. The Bertz CT molecular complexity index is 657. The predicted molar refractivity (Wildman–Crippen MR) is 90.5 cm³/mol. The summed E-state index contributed by atoms with van der Waals surface area (Å²) in [4.78, 5) is 2.29. The molecule has 24 heavy (non-hydrogen) atoms. The maximum Gasteiger partial charge on any atom is 0.211 e. The first-order valence-corrected chi connectivity index (χ1v) is 10.2. The van der Waals surface area contributed by atoms with E-state index in [1.54, 1.807) is 6.92 Å². The van der Waals surface area contributed by atoms with Gasteiger partial charge in [0.25, 0.3) is 0 Å². The summed E-state index contributed by atoms with van der Waals surface area (Å²) in [6.45, 7) is 5.37. The van der Waals surface area contributed by atoms with Gasteiger partial charge in [0.1, 0.15) is 5.82 Å². The molecule has 3 rings (SSSR count). The van der Waals surface area contributed by atoms with Gasteiger partial charge in [-0.05, 0) is 43.4 Å². The third-order valence-corrected chi connectivity index (χ3v) is 6.50. The van der Waals surface area contributed by atoms with Crippen molar-refractivity contribution in [3.63, 3.8) is 0 Å². The van der Waals surface area contributed by atoms with Crippen LogP contribution in [0.4, 0.5) is 4.39 Å². The first kappa shape index (κ1) is 17.8. The summed E-state index contributed by atoms with van der Waals surface area (Å²) in [6, 6.07) is 6.60. The molecular formula is C17H25FN2O3S. The summed E-state index contributed by atoms with van der Waals surface area (Å²) in [5.41, 5.74) is 0.967. The molecule has 2 fully saturated rings. The first-order chi connectivity index (χ1) is 11.4. The van der Waals surface area contributed by atoms with Crippen molar-refractivity contribution in [1.29, 1.82) is 0 Å². The Morgan fingerprint density at radius 1 is 1.33 bits per heavy atom. The smallest absolute Gasteiger partial charge is 0.211 e. The lowest BCUT2D eigenvalue weighted by molar-refractivity contribution is -0.136. The molecule has 5 nitrogen and oxygen atoms in total. The molecule has 1 atom stereocenters. The van der Waals surface area contributed by atoms with Crippen molar-refractivity contribution in [2.75, 3.05) is 32.0 Å². The molecule has 0 aliphatic carbocycles. The number of nitrogens with one attached hydrogen (secondary N) is 1. The van der Waals surface area contributed by atoms with Crippen LogP contribution in [0, 0.1) is 11.7 Å². The average molecular weight is 356 g/mol. The highest BCUT2D eigenvalue weighted by Gasteiger charge is 2.52. The minimum Gasteiger partial charge on any atom is -0.372 e. The van der Waals surface area contributed by atoms with Gasteiger partial charge in [0, 0.05) is 32.8 Å². The topological polar surface area (TPSA) is 58.6 Å². The standard InChI is InChI=1S/C17H25FN2O3S/c1-2-24(21,22)19-9-7-15-8-10-23-17(15)12-20(13-17)11-14-3-5-16(18)6-4-14/h3-6,15,19H,2,7-13H2,1H3/t15-/m1/s1. The minimum atomic E-state index is -3.12. The molecule has 134 valence electrons. The van der Waals surface area contributed by atoms with E-state index in [4.69, 9.17) is 4.74 Å². The number of ether oxygens (including phenoxy) is 1. The molecule has 0 amide bonds. The van der Waals surface area contributed by atoms with Crippen molar-refractivity contribution < 1.29 is 17.5 Å². The lowest BCUT2D eigenvalue weighted by atomic mass is 9.79. The number of likely N-dealkylation sites (tertiary alicyclic amines) is 1. The number of rotatable bonds is 7. The summed E-state index contributed by atoms with van der Waals surface area (Å²) >= 11 is 0. The molecule has 1 aromatic carbocycles. The highest BCUT2D eigenvalue weighted by molar-refractivity contribution is 7.89. The van der Waals surface area contributed by atoms with Gasteiger partial charge in [-0.2, -0.15) is 0 Å². The molecule has 1 N–H and O–H groups in total. The quantitative estimate of drug-likeness (QED) is 0.809. The van der Waals surface area contributed by atoms with Gasteiger partial charge >= 0.3 is 0 Å². The van der Waals surface area contributed by atoms with Gasteiger partial charge in [0.2, 0.25) is 10.0 Å². The van der Waals surface area contributed by atoms with Crippen molar-refractivity contribution in [3.8, 4) is 0 Å². The number of benzene rings is 1. The Morgan fingerprint density at radius 2 is 2.04 bits per heavy atom. The maximum absolute atomic E-state index is 13.0. The molecule has 2 aliphatic rings. The minimum absolute atomic E-state index is 0.116. The molecule has 0 bridgehead atoms. The highest BCUT2D eigenvalue weighted by Crippen LogP contribution is 2.42. The molecule has 0 unspecified atom stereocenters. The molecule has 2 saturated heterocycles. The van der Waals surface area contributed by atoms with Gasteiger partial charge in [0.05, 0.1) is 11.4 Å². The van der Waals surface area contributed by atoms with Gasteiger partial charge in [-0.3, -0.25) is 4.90 Å². The molecule has 1 aromatic rings. The van der Waals surface area contributed by atoms with Crippen molar-refractivity contribution in [1.82, 2.24) is 9.62 Å². The molecular weight excluding hydrogens is 331 g/mol. The van der Waals surface area contributed by atoms with Crippen molar-refractivity contribution in [3.05, 3.63) is 35.6 Å². The number of nitrogens with zero attached hydrogens (tertiary/aromatic N) is 1. The fourth-order valence-corrected chi connectivity index (χ4v) is 4.34. The van der Waals surface area contributed by atoms with E-state index in [-0.39, 0.29) is 17.2 Å². The number of halogens is 1. The van der Waals surface area contributed by atoms with Gasteiger partial charge in [0.15, 0.2) is 0 Å².